The van der Waals surface area contributed by atoms with Crippen LogP contribution in [0.1, 0.15) is 31.7 Å². The highest BCUT2D eigenvalue weighted by molar-refractivity contribution is 5.78. The Bertz CT molecular complexity index is 483. The fourth-order valence-corrected chi connectivity index (χ4v) is 2.32. The summed E-state index contributed by atoms with van der Waals surface area (Å²) in [4.78, 5) is 14.2. The molecule has 1 aromatic carbocycles. The molecule has 0 radical (unpaired) electrons. The minimum absolute atomic E-state index is 0.0615. The summed E-state index contributed by atoms with van der Waals surface area (Å²) in [5.74, 6) is 2.06. The molecule has 4 heteroatoms. The number of hydrogen-bond donors (Lipinski definition) is 0. The minimum atomic E-state index is 0.0615. The molecule has 4 nitrogen and oxygen atoms in total. The van der Waals surface area contributed by atoms with E-state index in [4.69, 9.17) is 9.47 Å². The van der Waals surface area contributed by atoms with E-state index in [9.17, 15) is 4.79 Å². The quantitative estimate of drug-likeness (QED) is 0.739. The number of rotatable bonds is 8. The molecule has 0 aromatic heterocycles. The molecule has 21 heavy (non-hydrogen) atoms. The molecule has 116 valence electrons. The van der Waals surface area contributed by atoms with E-state index in [0.717, 1.165) is 25.1 Å². The third-order valence-corrected chi connectivity index (χ3v) is 3.69. The Kier molecular flexibility index (Phi) is 5.48. The van der Waals surface area contributed by atoms with Crippen LogP contribution in [-0.2, 0) is 4.79 Å². The lowest BCUT2D eigenvalue weighted by Crippen LogP contribution is -2.37. The Balaban J connectivity index is 1.92. The van der Waals surface area contributed by atoms with Crippen LogP contribution in [0.4, 0.5) is 0 Å². The van der Waals surface area contributed by atoms with Crippen LogP contribution in [0.3, 0.4) is 0 Å². The molecular weight excluding hydrogens is 266 g/mol. The summed E-state index contributed by atoms with van der Waals surface area (Å²) in [7, 11) is 1.61. The first-order chi connectivity index (χ1) is 10.1. The normalized spacial score (nSPS) is 13.9. The summed E-state index contributed by atoms with van der Waals surface area (Å²) >= 11 is 0. The number of benzene rings is 1. The number of aryl methyl sites for hydroxylation is 1. The van der Waals surface area contributed by atoms with Gasteiger partial charge in [-0.1, -0.05) is 13.0 Å². The van der Waals surface area contributed by atoms with Gasteiger partial charge in [0.2, 0.25) is 0 Å². The van der Waals surface area contributed by atoms with Gasteiger partial charge in [-0.25, -0.2) is 0 Å². The van der Waals surface area contributed by atoms with Crippen LogP contribution in [-0.4, -0.2) is 37.6 Å². The summed E-state index contributed by atoms with van der Waals surface area (Å²) in [6.45, 7) is 5.85. The van der Waals surface area contributed by atoms with Crippen molar-refractivity contribution in [3.8, 4) is 11.5 Å². The maximum absolute atomic E-state index is 12.3. The monoisotopic (exact) mass is 291 g/mol. The number of carbonyl (C=O) groups excluding carboxylic acids is 1. The highest BCUT2D eigenvalue weighted by Crippen LogP contribution is 2.30. The lowest BCUT2D eigenvalue weighted by atomic mass is 10.2. The van der Waals surface area contributed by atoms with Crippen LogP contribution in [0.25, 0.3) is 0 Å². The molecule has 0 heterocycles. The smallest absolute Gasteiger partial charge is 0.260 e. The van der Waals surface area contributed by atoms with Gasteiger partial charge in [0.15, 0.2) is 18.1 Å². The summed E-state index contributed by atoms with van der Waals surface area (Å²) in [6.07, 6.45) is 3.48. The van der Waals surface area contributed by atoms with Crippen molar-refractivity contribution in [2.75, 3.05) is 26.8 Å². The predicted molar refractivity (Wildman–Crippen MR) is 82.8 cm³/mol. The Morgan fingerprint density at radius 1 is 1.33 bits per heavy atom. The molecule has 1 aromatic rings. The lowest BCUT2D eigenvalue weighted by Gasteiger charge is -2.22. The molecule has 0 aliphatic heterocycles. The van der Waals surface area contributed by atoms with Gasteiger partial charge in [0.05, 0.1) is 7.11 Å². The first-order valence-electron chi connectivity index (χ1n) is 7.69. The summed E-state index contributed by atoms with van der Waals surface area (Å²) in [5, 5.41) is 0. The lowest BCUT2D eigenvalue weighted by molar-refractivity contribution is -0.133. The molecule has 0 spiro atoms. The number of hydrogen-bond acceptors (Lipinski definition) is 3. The zero-order valence-corrected chi connectivity index (χ0v) is 13.2. The zero-order chi connectivity index (χ0) is 15.2. The van der Waals surface area contributed by atoms with Crippen LogP contribution >= 0.6 is 0 Å². The van der Waals surface area contributed by atoms with Crippen LogP contribution < -0.4 is 9.47 Å². The van der Waals surface area contributed by atoms with Crippen molar-refractivity contribution in [3.05, 3.63) is 23.8 Å². The summed E-state index contributed by atoms with van der Waals surface area (Å²) < 4.78 is 10.9. The van der Waals surface area contributed by atoms with E-state index in [0.29, 0.717) is 17.4 Å². The highest BCUT2D eigenvalue weighted by atomic mass is 16.5. The van der Waals surface area contributed by atoms with E-state index in [-0.39, 0.29) is 12.5 Å². The van der Waals surface area contributed by atoms with Gasteiger partial charge in [-0.15, -0.1) is 0 Å². The largest absolute Gasteiger partial charge is 0.493 e. The van der Waals surface area contributed by atoms with Crippen molar-refractivity contribution >= 4 is 5.91 Å². The molecular formula is C17H25NO3. The molecule has 0 bridgehead atoms. The number of ether oxygens (including phenoxy) is 2. The average molecular weight is 291 g/mol. The van der Waals surface area contributed by atoms with Gasteiger partial charge in [-0.2, -0.15) is 0 Å². The Labute approximate surface area is 127 Å². The van der Waals surface area contributed by atoms with Crippen molar-refractivity contribution < 1.29 is 14.3 Å². The van der Waals surface area contributed by atoms with Crippen molar-refractivity contribution in [1.29, 1.82) is 0 Å². The van der Waals surface area contributed by atoms with E-state index in [1.807, 2.05) is 30.0 Å². The Morgan fingerprint density at radius 3 is 2.71 bits per heavy atom. The molecule has 0 saturated heterocycles. The molecule has 0 unspecified atom stereocenters. The van der Waals surface area contributed by atoms with Crippen LogP contribution in [0, 0.1) is 12.8 Å². The number of methoxy groups -OCH3 is 1. The van der Waals surface area contributed by atoms with Crippen LogP contribution in [0.5, 0.6) is 11.5 Å². The van der Waals surface area contributed by atoms with Crippen molar-refractivity contribution in [3.63, 3.8) is 0 Å². The van der Waals surface area contributed by atoms with E-state index < -0.39 is 0 Å². The summed E-state index contributed by atoms with van der Waals surface area (Å²) in [5.41, 5.74) is 1.10. The third-order valence-electron chi connectivity index (χ3n) is 3.69. The fourth-order valence-electron chi connectivity index (χ4n) is 2.32. The maximum Gasteiger partial charge on any atom is 0.260 e. The van der Waals surface area contributed by atoms with Crippen molar-refractivity contribution in [2.45, 2.75) is 33.1 Å². The Hall–Kier alpha value is -1.71. The SMILES string of the molecule is CCCN(CC1CC1)C(=O)COc1ccc(C)cc1OC. The molecule has 1 aliphatic rings. The van der Waals surface area contributed by atoms with E-state index in [1.165, 1.54) is 12.8 Å². The second-order valence-electron chi connectivity index (χ2n) is 5.73. The molecule has 1 saturated carbocycles. The second kappa shape index (κ2) is 7.34. The van der Waals surface area contributed by atoms with Crippen LogP contribution in [0.2, 0.25) is 0 Å². The fraction of sp³-hybridized carbons (Fsp3) is 0.588. The van der Waals surface area contributed by atoms with Gasteiger partial charge in [0, 0.05) is 13.1 Å². The number of carbonyl (C=O) groups is 1. The zero-order valence-electron chi connectivity index (χ0n) is 13.2. The molecule has 1 fully saturated rings. The van der Waals surface area contributed by atoms with E-state index in [1.54, 1.807) is 7.11 Å². The van der Waals surface area contributed by atoms with Gasteiger partial charge in [0.25, 0.3) is 5.91 Å². The maximum atomic E-state index is 12.3. The van der Waals surface area contributed by atoms with Gasteiger partial charge < -0.3 is 14.4 Å². The highest BCUT2D eigenvalue weighted by Gasteiger charge is 2.26. The topological polar surface area (TPSA) is 38.8 Å². The minimum Gasteiger partial charge on any atom is -0.493 e. The van der Waals surface area contributed by atoms with E-state index in [2.05, 4.69) is 6.92 Å². The molecule has 0 atom stereocenters. The van der Waals surface area contributed by atoms with Gasteiger partial charge in [-0.05, 0) is 49.8 Å². The third kappa shape index (κ3) is 4.66. The number of nitrogens with zero attached hydrogens (tertiary/aromatic N) is 1. The molecule has 0 N–H and O–H groups in total. The molecule has 2 rings (SSSR count). The van der Waals surface area contributed by atoms with Gasteiger partial charge >= 0.3 is 0 Å². The van der Waals surface area contributed by atoms with Crippen molar-refractivity contribution in [1.82, 2.24) is 4.90 Å². The second-order valence-corrected chi connectivity index (χ2v) is 5.73. The number of amides is 1. The first kappa shape index (κ1) is 15.7. The standard InChI is InChI=1S/C17H25NO3/c1-4-9-18(11-14-6-7-14)17(19)12-21-15-8-5-13(2)10-16(15)20-3/h5,8,10,14H,4,6-7,9,11-12H2,1-3H3. The van der Waals surface area contributed by atoms with Crippen LogP contribution in [0.15, 0.2) is 18.2 Å². The molecule has 1 amide bonds. The Morgan fingerprint density at radius 2 is 2.10 bits per heavy atom. The first-order valence-corrected chi connectivity index (χ1v) is 7.69. The molecule has 1 aliphatic carbocycles. The van der Waals surface area contributed by atoms with E-state index >= 15 is 0 Å². The predicted octanol–water partition coefficient (Wildman–Crippen LogP) is 3.03. The van der Waals surface area contributed by atoms with Crippen molar-refractivity contribution in [2.24, 2.45) is 5.92 Å². The van der Waals surface area contributed by atoms with Gasteiger partial charge in [0.1, 0.15) is 0 Å². The summed E-state index contributed by atoms with van der Waals surface area (Å²) in [6, 6.07) is 5.72. The average Bonchev–Trinajstić information content (AvgIpc) is 3.29. The van der Waals surface area contributed by atoms with Gasteiger partial charge in [-0.3, -0.25) is 4.79 Å².